The molecule has 1 aliphatic rings. The van der Waals surface area contributed by atoms with Crippen LogP contribution in [0.15, 0.2) is 54.6 Å². The topological polar surface area (TPSA) is 90.1 Å². The van der Waals surface area contributed by atoms with E-state index in [1.54, 1.807) is 36.4 Å². The van der Waals surface area contributed by atoms with Gasteiger partial charge in [0.25, 0.3) is 5.91 Å². The molecule has 2 aromatic carbocycles. The van der Waals surface area contributed by atoms with Crippen molar-refractivity contribution in [1.82, 2.24) is 15.5 Å². The van der Waals surface area contributed by atoms with E-state index in [0.29, 0.717) is 17.8 Å². The quantitative estimate of drug-likeness (QED) is 0.606. The zero-order valence-corrected chi connectivity index (χ0v) is 16.5. The molecule has 1 unspecified atom stereocenters. The van der Waals surface area contributed by atoms with E-state index in [1.807, 2.05) is 6.07 Å². The Morgan fingerprint density at radius 2 is 1.87 bits per heavy atom. The second-order valence-corrected chi connectivity index (χ2v) is 7.31. The zero-order chi connectivity index (χ0) is 21.1. The Kier molecular flexibility index (Phi) is 5.47. The van der Waals surface area contributed by atoms with E-state index >= 15 is 0 Å². The first-order chi connectivity index (χ1) is 14.5. The van der Waals surface area contributed by atoms with E-state index in [0.717, 1.165) is 30.0 Å². The van der Waals surface area contributed by atoms with Crippen LogP contribution in [0.4, 0.5) is 15.9 Å². The van der Waals surface area contributed by atoms with Gasteiger partial charge in [-0.1, -0.05) is 0 Å². The fourth-order valence-electron chi connectivity index (χ4n) is 3.51. The summed E-state index contributed by atoms with van der Waals surface area (Å²) in [7, 11) is 0. The van der Waals surface area contributed by atoms with Gasteiger partial charge in [0.15, 0.2) is 5.82 Å². The molecule has 3 aromatic rings. The number of benzene rings is 2. The van der Waals surface area contributed by atoms with Crippen molar-refractivity contribution in [3.05, 3.63) is 66.0 Å². The number of H-pyrrole nitrogens is 1. The van der Waals surface area contributed by atoms with E-state index in [9.17, 15) is 14.0 Å². The molecule has 2 amide bonds. The van der Waals surface area contributed by atoms with Crippen LogP contribution in [0.25, 0.3) is 11.3 Å². The highest BCUT2D eigenvalue weighted by Crippen LogP contribution is 2.24. The average molecular weight is 407 g/mol. The Labute approximate surface area is 173 Å². The largest absolute Gasteiger partial charge is 0.353 e. The maximum absolute atomic E-state index is 13.1. The molecule has 1 aromatic heterocycles. The number of anilines is 2. The van der Waals surface area contributed by atoms with Gasteiger partial charge in [0.05, 0.1) is 5.69 Å². The van der Waals surface area contributed by atoms with Crippen LogP contribution >= 0.6 is 0 Å². The lowest BCUT2D eigenvalue weighted by Crippen LogP contribution is -2.37. The summed E-state index contributed by atoms with van der Waals surface area (Å²) in [6, 6.07) is 15.0. The smallest absolute Gasteiger partial charge is 0.251 e. The number of hydrogen-bond acceptors (Lipinski definition) is 4. The van der Waals surface area contributed by atoms with E-state index in [1.165, 1.54) is 19.1 Å². The molecule has 8 heteroatoms. The molecule has 4 rings (SSSR count). The molecule has 154 valence electrons. The highest BCUT2D eigenvalue weighted by molar-refractivity contribution is 5.95. The Hall–Kier alpha value is -3.68. The minimum absolute atomic E-state index is 0.0125. The van der Waals surface area contributed by atoms with Gasteiger partial charge in [0.1, 0.15) is 5.82 Å². The van der Waals surface area contributed by atoms with E-state index in [2.05, 4.69) is 25.7 Å². The van der Waals surface area contributed by atoms with Crippen LogP contribution < -0.4 is 15.5 Å². The first-order valence-electron chi connectivity index (χ1n) is 9.73. The standard InChI is InChI=1S/C22H22FN5O2/c1-14(29)24-18-8-4-16(5-9-18)22(30)25-19-10-11-28(13-19)21-12-20(26-27-21)15-2-6-17(23)7-3-15/h2-9,12,19H,10-11,13H2,1H3,(H,24,29)(H,25,30)(H,26,27). The number of nitrogens with zero attached hydrogens (tertiary/aromatic N) is 2. The molecule has 1 aliphatic heterocycles. The molecule has 0 radical (unpaired) electrons. The summed E-state index contributed by atoms with van der Waals surface area (Å²) < 4.78 is 13.1. The minimum atomic E-state index is -0.277. The number of amides is 2. The van der Waals surface area contributed by atoms with E-state index in [4.69, 9.17) is 0 Å². The minimum Gasteiger partial charge on any atom is -0.353 e. The molecule has 0 saturated carbocycles. The third kappa shape index (κ3) is 4.48. The Morgan fingerprint density at radius 3 is 2.57 bits per heavy atom. The lowest BCUT2D eigenvalue weighted by molar-refractivity contribution is -0.114. The maximum Gasteiger partial charge on any atom is 0.251 e. The number of hydrogen-bond donors (Lipinski definition) is 3. The monoisotopic (exact) mass is 407 g/mol. The molecule has 0 spiro atoms. The van der Waals surface area contributed by atoms with Crippen LogP contribution in [0.2, 0.25) is 0 Å². The number of carbonyl (C=O) groups is 2. The van der Waals surface area contributed by atoms with Crippen LogP contribution in [-0.4, -0.2) is 41.1 Å². The molecule has 1 fully saturated rings. The number of halogens is 1. The normalized spacial score (nSPS) is 15.8. The van der Waals surface area contributed by atoms with Gasteiger partial charge in [0, 0.05) is 43.4 Å². The average Bonchev–Trinajstić information content (AvgIpc) is 3.38. The van der Waals surface area contributed by atoms with Crippen LogP contribution in [0.1, 0.15) is 23.7 Å². The lowest BCUT2D eigenvalue weighted by Gasteiger charge is -2.16. The van der Waals surface area contributed by atoms with Crippen molar-refractivity contribution in [3.63, 3.8) is 0 Å². The van der Waals surface area contributed by atoms with Gasteiger partial charge >= 0.3 is 0 Å². The van der Waals surface area contributed by atoms with Crippen molar-refractivity contribution in [1.29, 1.82) is 0 Å². The third-order valence-corrected chi connectivity index (χ3v) is 5.03. The summed E-state index contributed by atoms with van der Waals surface area (Å²) in [5.74, 6) is 0.219. The van der Waals surface area contributed by atoms with Gasteiger partial charge in [-0.25, -0.2) is 4.39 Å². The second kappa shape index (κ2) is 8.36. The Balaban J connectivity index is 1.35. The summed E-state index contributed by atoms with van der Waals surface area (Å²) in [6.45, 7) is 2.87. The Bertz CT molecular complexity index is 1050. The van der Waals surface area contributed by atoms with Crippen LogP contribution in [-0.2, 0) is 4.79 Å². The molecule has 1 atom stereocenters. The van der Waals surface area contributed by atoms with Crippen molar-refractivity contribution in [2.75, 3.05) is 23.3 Å². The maximum atomic E-state index is 13.1. The van der Waals surface area contributed by atoms with Crippen LogP contribution in [0, 0.1) is 5.82 Å². The van der Waals surface area contributed by atoms with Crippen molar-refractivity contribution >= 4 is 23.3 Å². The molecule has 7 nitrogen and oxygen atoms in total. The first kappa shape index (κ1) is 19.6. The van der Waals surface area contributed by atoms with Gasteiger partial charge < -0.3 is 15.5 Å². The van der Waals surface area contributed by atoms with Crippen LogP contribution in [0.3, 0.4) is 0 Å². The summed E-state index contributed by atoms with van der Waals surface area (Å²) >= 11 is 0. The van der Waals surface area contributed by atoms with Gasteiger partial charge in [-0.3, -0.25) is 14.7 Å². The van der Waals surface area contributed by atoms with Gasteiger partial charge in [-0.2, -0.15) is 5.10 Å². The molecular weight excluding hydrogens is 385 g/mol. The van der Waals surface area contributed by atoms with Gasteiger partial charge in [0.2, 0.25) is 5.91 Å². The summed E-state index contributed by atoms with van der Waals surface area (Å²) in [6.07, 6.45) is 0.814. The van der Waals surface area contributed by atoms with Gasteiger partial charge in [-0.05, 0) is 60.5 Å². The molecule has 1 saturated heterocycles. The van der Waals surface area contributed by atoms with E-state index < -0.39 is 0 Å². The Morgan fingerprint density at radius 1 is 1.13 bits per heavy atom. The second-order valence-electron chi connectivity index (χ2n) is 7.31. The summed E-state index contributed by atoms with van der Waals surface area (Å²) in [5.41, 5.74) is 2.88. The third-order valence-electron chi connectivity index (χ3n) is 5.03. The molecule has 2 heterocycles. The molecule has 0 bridgehead atoms. The number of carbonyl (C=O) groups excluding carboxylic acids is 2. The molecule has 30 heavy (non-hydrogen) atoms. The van der Waals surface area contributed by atoms with Gasteiger partial charge in [-0.15, -0.1) is 0 Å². The molecule has 0 aliphatic carbocycles. The molecular formula is C22H22FN5O2. The van der Waals surface area contributed by atoms with Crippen LogP contribution in [0.5, 0.6) is 0 Å². The predicted octanol–water partition coefficient (Wildman–Crippen LogP) is 3.18. The van der Waals surface area contributed by atoms with Crippen molar-refractivity contribution in [2.24, 2.45) is 0 Å². The van der Waals surface area contributed by atoms with Crippen molar-refractivity contribution < 1.29 is 14.0 Å². The zero-order valence-electron chi connectivity index (χ0n) is 16.5. The fraction of sp³-hybridized carbons (Fsp3) is 0.227. The first-order valence-corrected chi connectivity index (χ1v) is 9.73. The van der Waals surface area contributed by atoms with Crippen molar-refractivity contribution in [3.8, 4) is 11.3 Å². The fourth-order valence-corrected chi connectivity index (χ4v) is 3.51. The summed E-state index contributed by atoms with van der Waals surface area (Å²) in [4.78, 5) is 25.7. The number of nitrogens with one attached hydrogen (secondary N) is 3. The van der Waals surface area contributed by atoms with E-state index in [-0.39, 0.29) is 23.7 Å². The summed E-state index contributed by atoms with van der Waals surface area (Å²) in [5, 5.41) is 13.1. The highest BCUT2D eigenvalue weighted by atomic mass is 19.1. The highest BCUT2D eigenvalue weighted by Gasteiger charge is 2.26. The molecule has 3 N–H and O–H groups in total. The van der Waals surface area contributed by atoms with Crippen molar-refractivity contribution in [2.45, 2.75) is 19.4 Å². The number of aromatic amines is 1. The number of aromatic nitrogens is 2. The SMILES string of the molecule is CC(=O)Nc1ccc(C(=O)NC2CCN(c3cc(-c4ccc(F)cc4)[nH]n3)C2)cc1. The predicted molar refractivity (Wildman–Crippen MR) is 113 cm³/mol. The number of rotatable bonds is 5. The lowest BCUT2D eigenvalue weighted by atomic mass is 10.1.